The highest BCUT2D eigenvalue weighted by molar-refractivity contribution is 7.12. The van der Waals surface area contributed by atoms with Gasteiger partial charge in [-0.1, -0.05) is 12.1 Å². The molecule has 2 amide bonds. The van der Waals surface area contributed by atoms with E-state index in [2.05, 4.69) is 17.4 Å². The standard InChI is InChI=1S/C21H24N2O3S/c24-20(18-6-2-11-23(18)21(25)19-7-3-13-27-19)22-10-12-26-17-9-8-15-4-1-5-16(15)14-17/h3,7-9,13-14,18H,1-2,4-6,10-12H2,(H,22,24)/t18-/m0/s1. The van der Waals surface area contributed by atoms with E-state index in [9.17, 15) is 9.59 Å². The maximum atomic E-state index is 12.6. The molecular weight excluding hydrogens is 360 g/mol. The van der Waals surface area contributed by atoms with Crippen molar-refractivity contribution < 1.29 is 14.3 Å². The molecule has 4 rings (SSSR count). The van der Waals surface area contributed by atoms with Crippen molar-refractivity contribution in [1.29, 1.82) is 0 Å². The predicted octanol–water partition coefficient (Wildman–Crippen LogP) is 3.04. The average molecular weight is 385 g/mol. The number of rotatable bonds is 6. The van der Waals surface area contributed by atoms with Gasteiger partial charge in [0, 0.05) is 6.54 Å². The quantitative estimate of drug-likeness (QED) is 0.779. The van der Waals surface area contributed by atoms with Gasteiger partial charge in [0.25, 0.3) is 5.91 Å². The van der Waals surface area contributed by atoms with Gasteiger partial charge in [-0.05, 0) is 66.8 Å². The Kier molecular flexibility index (Phi) is 5.43. The number of fused-ring (bicyclic) bond motifs is 1. The number of likely N-dealkylation sites (tertiary alicyclic amines) is 1. The minimum absolute atomic E-state index is 0.0444. The number of benzene rings is 1. The zero-order chi connectivity index (χ0) is 18.6. The predicted molar refractivity (Wildman–Crippen MR) is 105 cm³/mol. The van der Waals surface area contributed by atoms with Gasteiger partial charge in [0.15, 0.2) is 0 Å². The van der Waals surface area contributed by atoms with E-state index in [1.54, 1.807) is 4.90 Å². The normalized spacial score (nSPS) is 18.4. The van der Waals surface area contributed by atoms with E-state index in [-0.39, 0.29) is 17.9 Å². The molecule has 1 aromatic carbocycles. The molecule has 1 aliphatic carbocycles. The fourth-order valence-corrected chi connectivity index (χ4v) is 4.60. The molecule has 1 fully saturated rings. The van der Waals surface area contributed by atoms with Crippen molar-refractivity contribution in [3.63, 3.8) is 0 Å². The van der Waals surface area contributed by atoms with Crippen LogP contribution in [0.25, 0.3) is 0 Å². The summed E-state index contributed by atoms with van der Waals surface area (Å²) in [5, 5.41) is 4.81. The molecule has 6 heteroatoms. The molecule has 1 saturated heterocycles. The summed E-state index contributed by atoms with van der Waals surface area (Å²) in [4.78, 5) is 27.5. The van der Waals surface area contributed by atoms with Crippen LogP contribution in [0.2, 0.25) is 0 Å². The van der Waals surface area contributed by atoms with Gasteiger partial charge in [0.1, 0.15) is 18.4 Å². The van der Waals surface area contributed by atoms with Crippen molar-refractivity contribution in [2.75, 3.05) is 19.7 Å². The molecule has 0 saturated carbocycles. The molecule has 1 aliphatic heterocycles. The molecule has 2 heterocycles. The maximum Gasteiger partial charge on any atom is 0.264 e. The Morgan fingerprint density at radius 1 is 1.19 bits per heavy atom. The fourth-order valence-electron chi connectivity index (χ4n) is 3.92. The highest BCUT2D eigenvalue weighted by atomic mass is 32.1. The van der Waals surface area contributed by atoms with E-state index >= 15 is 0 Å². The molecule has 0 bridgehead atoms. The molecule has 2 aliphatic rings. The summed E-state index contributed by atoms with van der Waals surface area (Å²) in [6, 6.07) is 9.56. The van der Waals surface area contributed by atoms with Crippen LogP contribution in [-0.4, -0.2) is 42.5 Å². The van der Waals surface area contributed by atoms with Gasteiger partial charge in [0.2, 0.25) is 5.91 Å². The van der Waals surface area contributed by atoms with Crippen LogP contribution >= 0.6 is 11.3 Å². The summed E-state index contributed by atoms with van der Waals surface area (Å²) in [6.45, 7) is 1.50. The number of carbonyl (C=O) groups excluding carboxylic acids is 2. The monoisotopic (exact) mass is 384 g/mol. The summed E-state index contributed by atoms with van der Waals surface area (Å²) in [5.41, 5.74) is 2.80. The number of hydrogen-bond donors (Lipinski definition) is 1. The first-order chi connectivity index (χ1) is 13.2. The lowest BCUT2D eigenvalue weighted by atomic mass is 10.1. The Morgan fingerprint density at radius 3 is 2.93 bits per heavy atom. The van der Waals surface area contributed by atoms with Crippen molar-refractivity contribution in [2.45, 2.75) is 38.1 Å². The molecule has 0 radical (unpaired) electrons. The first kappa shape index (κ1) is 18.0. The summed E-state index contributed by atoms with van der Waals surface area (Å²) in [7, 11) is 0. The van der Waals surface area contributed by atoms with Gasteiger partial charge in [-0.2, -0.15) is 0 Å². The first-order valence-corrected chi connectivity index (χ1v) is 10.5. The molecule has 5 nitrogen and oxygen atoms in total. The van der Waals surface area contributed by atoms with Crippen LogP contribution < -0.4 is 10.1 Å². The van der Waals surface area contributed by atoms with Crippen LogP contribution in [0, 0.1) is 0 Å². The molecule has 1 aromatic heterocycles. The SMILES string of the molecule is O=C(NCCOc1ccc2c(c1)CCC2)[C@@H]1CCCN1C(=O)c1cccs1. The summed E-state index contributed by atoms with van der Waals surface area (Å²) in [6.07, 6.45) is 5.08. The number of ether oxygens (including phenoxy) is 1. The number of carbonyl (C=O) groups is 2. The topological polar surface area (TPSA) is 58.6 Å². The largest absolute Gasteiger partial charge is 0.492 e. The number of nitrogens with zero attached hydrogens (tertiary/aromatic N) is 1. The van der Waals surface area contributed by atoms with E-state index in [1.165, 1.54) is 28.9 Å². The van der Waals surface area contributed by atoms with E-state index in [0.717, 1.165) is 25.0 Å². The van der Waals surface area contributed by atoms with Crippen LogP contribution in [0.15, 0.2) is 35.7 Å². The van der Waals surface area contributed by atoms with Gasteiger partial charge in [-0.15, -0.1) is 11.3 Å². The third-order valence-electron chi connectivity index (χ3n) is 5.29. The highest BCUT2D eigenvalue weighted by Gasteiger charge is 2.34. The van der Waals surface area contributed by atoms with Crippen molar-refractivity contribution in [1.82, 2.24) is 10.2 Å². The second kappa shape index (κ2) is 8.13. The zero-order valence-electron chi connectivity index (χ0n) is 15.3. The Hall–Kier alpha value is -2.34. The number of amides is 2. The van der Waals surface area contributed by atoms with Gasteiger partial charge in [-0.3, -0.25) is 9.59 Å². The van der Waals surface area contributed by atoms with E-state index < -0.39 is 0 Å². The minimum Gasteiger partial charge on any atom is -0.492 e. The summed E-state index contributed by atoms with van der Waals surface area (Å²) in [5.74, 6) is 0.729. The third kappa shape index (κ3) is 4.00. The molecule has 1 N–H and O–H groups in total. The smallest absolute Gasteiger partial charge is 0.264 e. The second-order valence-corrected chi connectivity index (χ2v) is 8.01. The van der Waals surface area contributed by atoms with Crippen molar-refractivity contribution in [3.05, 3.63) is 51.7 Å². The van der Waals surface area contributed by atoms with Gasteiger partial charge >= 0.3 is 0 Å². The van der Waals surface area contributed by atoms with Crippen molar-refractivity contribution >= 4 is 23.2 Å². The Bertz CT molecular complexity index is 819. The van der Waals surface area contributed by atoms with Crippen molar-refractivity contribution in [3.8, 4) is 5.75 Å². The van der Waals surface area contributed by atoms with Gasteiger partial charge in [-0.25, -0.2) is 0 Å². The van der Waals surface area contributed by atoms with Crippen LogP contribution in [0.5, 0.6) is 5.75 Å². The molecular formula is C21H24N2O3S. The van der Waals surface area contributed by atoms with E-state index in [0.29, 0.717) is 31.0 Å². The van der Waals surface area contributed by atoms with E-state index in [4.69, 9.17) is 4.74 Å². The number of aryl methyl sites for hydroxylation is 2. The summed E-state index contributed by atoms with van der Waals surface area (Å²) < 4.78 is 5.78. The average Bonchev–Trinajstić information content (AvgIpc) is 3.44. The molecule has 142 valence electrons. The van der Waals surface area contributed by atoms with Crippen molar-refractivity contribution in [2.24, 2.45) is 0 Å². The van der Waals surface area contributed by atoms with E-state index in [1.807, 2.05) is 23.6 Å². The van der Waals surface area contributed by atoms with Gasteiger partial charge in [0.05, 0.1) is 11.4 Å². The number of hydrogen-bond acceptors (Lipinski definition) is 4. The number of thiophene rings is 1. The molecule has 2 aromatic rings. The lowest BCUT2D eigenvalue weighted by Crippen LogP contribution is -2.46. The third-order valence-corrected chi connectivity index (χ3v) is 6.15. The Labute approximate surface area is 163 Å². The lowest BCUT2D eigenvalue weighted by molar-refractivity contribution is -0.124. The summed E-state index contributed by atoms with van der Waals surface area (Å²) >= 11 is 1.42. The molecule has 27 heavy (non-hydrogen) atoms. The first-order valence-electron chi connectivity index (χ1n) is 9.59. The second-order valence-electron chi connectivity index (χ2n) is 7.06. The fraction of sp³-hybridized carbons (Fsp3) is 0.429. The van der Waals surface area contributed by atoms with Crippen LogP contribution in [-0.2, 0) is 17.6 Å². The van der Waals surface area contributed by atoms with Gasteiger partial charge < -0.3 is 15.0 Å². The van der Waals surface area contributed by atoms with Crippen LogP contribution in [0.3, 0.4) is 0 Å². The number of nitrogens with one attached hydrogen (secondary N) is 1. The molecule has 0 spiro atoms. The van der Waals surface area contributed by atoms with Crippen LogP contribution in [0.4, 0.5) is 0 Å². The highest BCUT2D eigenvalue weighted by Crippen LogP contribution is 2.26. The molecule has 0 unspecified atom stereocenters. The maximum absolute atomic E-state index is 12.6. The Morgan fingerprint density at radius 2 is 2.07 bits per heavy atom. The lowest BCUT2D eigenvalue weighted by Gasteiger charge is -2.23. The Balaban J connectivity index is 1.26. The molecule has 1 atom stereocenters. The zero-order valence-corrected chi connectivity index (χ0v) is 16.1. The minimum atomic E-state index is -0.375. The van der Waals surface area contributed by atoms with Crippen LogP contribution in [0.1, 0.15) is 40.1 Å².